The van der Waals surface area contributed by atoms with Gasteiger partial charge in [0.05, 0.1) is 25.5 Å². The molecule has 2 atom stereocenters. The SMILES string of the molecule is Cc1nc(C(=O)N2C[C@H]3COC[C@@H]2CN(Cc2cnn(-c4ccccc4F)c2)C3)co1. The lowest BCUT2D eigenvalue weighted by Crippen LogP contribution is -2.46. The van der Waals surface area contributed by atoms with E-state index in [1.807, 2.05) is 11.1 Å². The quantitative estimate of drug-likeness (QED) is 0.638. The number of fused-ring (bicyclic) bond motifs is 3. The number of oxazole rings is 1. The highest BCUT2D eigenvalue weighted by atomic mass is 19.1. The van der Waals surface area contributed by atoms with Gasteiger partial charge < -0.3 is 14.1 Å². The largest absolute Gasteiger partial charge is 0.448 e. The van der Waals surface area contributed by atoms with Crippen molar-refractivity contribution in [3.63, 3.8) is 0 Å². The second-order valence-corrected chi connectivity index (χ2v) is 8.21. The minimum absolute atomic E-state index is 0.0707. The van der Waals surface area contributed by atoms with E-state index < -0.39 is 0 Å². The Kier molecular flexibility index (Phi) is 5.29. The molecule has 2 fully saturated rings. The number of hydrogen-bond donors (Lipinski definition) is 0. The van der Waals surface area contributed by atoms with Gasteiger partial charge in [-0.1, -0.05) is 12.1 Å². The molecule has 0 spiro atoms. The number of aryl methyl sites for hydroxylation is 1. The molecule has 2 aliphatic rings. The first kappa shape index (κ1) is 19.9. The van der Waals surface area contributed by atoms with Crippen LogP contribution in [-0.4, -0.2) is 69.4 Å². The lowest BCUT2D eigenvalue weighted by atomic mass is 10.1. The van der Waals surface area contributed by atoms with Crippen LogP contribution in [-0.2, 0) is 11.3 Å². The van der Waals surface area contributed by atoms with Crippen molar-refractivity contribution < 1.29 is 18.3 Å². The van der Waals surface area contributed by atoms with Crippen molar-refractivity contribution in [3.05, 3.63) is 65.9 Å². The number of benzene rings is 1. The van der Waals surface area contributed by atoms with Gasteiger partial charge in [0, 0.05) is 50.8 Å². The number of amides is 1. The third-order valence-corrected chi connectivity index (χ3v) is 5.79. The van der Waals surface area contributed by atoms with E-state index >= 15 is 0 Å². The zero-order valence-corrected chi connectivity index (χ0v) is 17.3. The fraction of sp³-hybridized carbons (Fsp3) is 0.409. The van der Waals surface area contributed by atoms with Crippen LogP contribution in [0.3, 0.4) is 0 Å². The van der Waals surface area contributed by atoms with E-state index in [4.69, 9.17) is 9.15 Å². The summed E-state index contributed by atoms with van der Waals surface area (Å²) < 4.78 is 26.7. The molecule has 162 valence electrons. The smallest absolute Gasteiger partial charge is 0.276 e. The predicted molar refractivity (Wildman–Crippen MR) is 109 cm³/mol. The summed E-state index contributed by atoms with van der Waals surface area (Å²) in [6.45, 7) is 5.62. The molecule has 0 radical (unpaired) electrons. The average molecular weight is 425 g/mol. The molecule has 4 heterocycles. The first-order valence-electron chi connectivity index (χ1n) is 10.4. The molecule has 2 bridgehead atoms. The molecule has 0 saturated carbocycles. The Bertz CT molecular complexity index is 1080. The van der Waals surface area contributed by atoms with Gasteiger partial charge in [-0.25, -0.2) is 14.1 Å². The third-order valence-electron chi connectivity index (χ3n) is 5.79. The number of para-hydroxylation sites is 1. The van der Waals surface area contributed by atoms with Crippen molar-refractivity contribution in [2.75, 3.05) is 32.8 Å². The van der Waals surface area contributed by atoms with Gasteiger partial charge in [0.15, 0.2) is 11.6 Å². The summed E-state index contributed by atoms with van der Waals surface area (Å²) >= 11 is 0. The Labute approximate surface area is 179 Å². The maximum absolute atomic E-state index is 14.1. The van der Waals surface area contributed by atoms with Gasteiger partial charge in [0.2, 0.25) is 0 Å². The fourth-order valence-electron chi connectivity index (χ4n) is 4.40. The van der Waals surface area contributed by atoms with E-state index in [2.05, 4.69) is 15.0 Å². The summed E-state index contributed by atoms with van der Waals surface area (Å²) in [4.78, 5) is 21.4. The van der Waals surface area contributed by atoms with Crippen LogP contribution in [0.4, 0.5) is 4.39 Å². The van der Waals surface area contributed by atoms with E-state index in [9.17, 15) is 9.18 Å². The molecule has 0 aliphatic carbocycles. The number of aromatic nitrogens is 3. The third kappa shape index (κ3) is 4.11. The predicted octanol–water partition coefficient (Wildman–Crippen LogP) is 2.28. The van der Waals surface area contributed by atoms with Gasteiger partial charge in [0.1, 0.15) is 17.8 Å². The summed E-state index contributed by atoms with van der Waals surface area (Å²) in [6, 6.07) is 6.51. The fourth-order valence-corrected chi connectivity index (χ4v) is 4.40. The van der Waals surface area contributed by atoms with E-state index in [0.717, 1.165) is 12.1 Å². The lowest BCUT2D eigenvalue weighted by molar-refractivity contribution is 0.0421. The second-order valence-electron chi connectivity index (χ2n) is 8.21. The zero-order valence-electron chi connectivity index (χ0n) is 17.3. The number of carbonyl (C=O) groups is 1. The summed E-state index contributed by atoms with van der Waals surface area (Å²) in [6.07, 6.45) is 5.05. The summed E-state index contributed by atoms with van der Waals surface area (Å²) in [5.74, 6) is 0.249. The minimum atomic E-state index is -0.309. The van der Waals surface area contributed by atoms with Crippen LogP contribution >= 0.6 is 0 Å². The highest BCUT2D eigenvalue weighted by Gasteiger charge is 2.37. The number of halogens is 1. The van der Waals surface area contributed by atoms with Gasteiger partial charge in [-0.05, 0) is 12.1 Å². The van der Waals surface area contributed by atoms with Crippen LogP contribution in [0.25, 0.3) is 5.69 Å². The standard InChI is InChI=1S/C22H24FN5O3/c1-15-25-20(14-31-15)22(29)27-9-17-8-26(11-18(27)13-30-12-17)7-16-6-24-28(10-16)21-5-3-2-4-19(21)23/h2-6,10,14,17-18H,7-9,11-13H2,1H3/t17-,18-/m0/s1. The number of rotatable bonds is 4. The summed E-state index contributed by atoms with van der Waals surface area (Å²) in [5, 5.41) is 4.34. The monoisotopic (exact) mass is 425 g/mol. The molecule has 2 aliphatic heterocycles. The van der Waals surface area contributed by atoms with Crippen LogP contribution in [0.2, 0.25) is 0 Å². The molecule has 0 N–H and O–H groups in total. The Morgan fingerprint density at radius 1 is 1.23 bits per heavy atom. The van der Waals surface area contributed by atoms with Crippen molar-refractivity contribution in [2.24, 2.45) is 5.92 Å². The highest BCUT2D eigenvalue weighted by molar-refractivity contribution is 5.92. The molecular formula is C22H24FN5O3. The average Bonchev–Trinajstić information content (AvgIpc) is 3.28. The van der Waals surface area contributed by atoms with Gasteiger partial charge in [0.25, 0.3) is 5.91 Å². The number of ether oxygens (including phenoxy) is 1. The van der Waals surface area contributed by atoms with Gasteiger partial charge in [-0.15, -0.1) is 0 Å². The molecule has 1 amide bonds. The molecule has 8 nitrogen and oxygen atoms in total. The number of hydrogen-bond acceptors (Lipinski definition) is 6. The van der Waals surface area contributed by atoms with Crippen LogP contribution in [0.5, 0.6) is 0 Å². The first-order chi connectivity index (χ1) is 15.1. The van der Waals surface area contributed by atoms with Gasteiger partial charge in [-0.3, -0.25) is 9.69 Å². The molecule has 2 saturated heterocycles. The molecule has 1 aromatic carbocycles. The van der Waals surface area contributed by atoms with E-state index in [-0.39, 0.29) is 23.7 Å². The van der Waals surface area contributed by atoms with Crippen LogP contribution in [0.1, 0.15) is 21.9 Å². The Morgan fingerprint density at radius 2 is 2.10 bits per heavy atom. The second kappa shape index (κ2) is 8.24. The van der Waals surface area contributed by atoms with Crippen LogP contribution in [0.15, 0.2) is 47.3 Å². The molecule has 0 unspecified atom stereocenters. The minimum Gasteiger partial charge on any atom is -0.448 e. The topological polar surface area (TPSA) is 76.6 Å². The highest BCUT2D eigenvalue weighted by Crippen LogP contribution is 2.23. The molecular weight excluding hydrogens is 401 g/mol. The zero-order chi connectivity index (χ0) is 21.4. The summed E-state index contributed by atoms with van der Waals surface area (Å²) in [7, 11) is 0. The van der Waals surface area contributed by atoms with Crippen molar-refractivity contribution >= 4 is 5.91 Å². The Hall–Kier alpha value is -3.04. The Balaban J connectivity index is 1.32. The number of nitrogens with zero attached hydrogens (tertiary/aromatic N) is 5. The summed E-state index contributed by atoms with van der Waals surface area (Å²) in [5.41, 5.74) is 1.76. The van der Waals surface area contributed by atoms with E-state index in [1.54, 1.807) is 36.0 Å². The van der Waals surface area contributed by atoms with Crippen LogP contribution < -0.4 is 0 Å². The van der Waals surface area contributed by atoms with Crippen molar-refractivity contribution in [1.82, 2.24) is 24.6 Å². The maximum Gasteiger partial charge on any atom is 0.276 e. The van der Waals surface area contributed by atoms with Gasteiger partial charge >= 0.3 is 0 Å². The Morgan fingerprint density at radius 3 is 2.90 bits per heavy atom. The van der Waals surface area contributed by atoms with E-state index in [1.165, 1.54) is 12.3 Å². The maximum atomic E-state index is 14.1. The van der Waals surface area contributed by atoms with Crippen LogP contribution in [0, 0.1) is 18.7 Å². The molecule has 3 aromatic rings. The van der Waals surface area contributed by atoms with Gasteiger partial charge in [-0.2, -0.15) is 5.10 Å². The van der Waals surface area contributed by atoms with Crippen molar-refractivity contribution in [2.45, 2.75) is 19.5 Å². The normalized spacial score (nSPS) is 21.8. The van der Waals surface area contributed by atoms with Crippen molar-refractivity contribution in [3.8, 4) is 5.69 Å². The number of carbonyl (C=O) groups excluding carboxylic acids is 1. The first-order valence-corrected chi connectivity index (χ1v) is 10.4. The van der Waals surface area contributed by atoms with Crippen molar-refractivity contribution in [1.29, 1.82) is 0 Å². The molecule has 2 aromatic heterocycles. The molecule has 9 heteroatoms. The molecule has 31 heavy (non-hydrogen) atoms. The van der Waals surface area contributed by atoms with E-state index in [0.29, 0.717) is 50.1 Å². The lowest BCUT2D eigenvalue weighted by Gasteiger charge is -2.30. The molecule has 5 rings (SSSR count).